The molecule has 8 heteroatoms. The molecule has 1 fully saturated rings. The van der Waals surface area contributed by atoms with Gasteiger partial charge in [-0.3, -0.25) is 4.90 Å². The van der Waals surface area contributed by atoms with Crippen molar-refractivity contribution in [3.05, 3.63) is 73.0 Å². The maximum atomic E-state index is 13.4. The lowest BCUT2D eigenvalue weighted by Crippen LogP contribution is -2.34. The lowest BCUT2D eigenvalue weighted by molar-refractivity contribution is 0.176. The Kier molecular flexibility index (Phi) is 5.06. The number of hydrogen-bond donors (Lipinski definition) is 0. The topological polar surface area (TPSA) is 72.9 Å². The number of nitrogens with zero attached hydrogens (tertiary/aromatic N) is 6. The van der Waals surface area contributed by atoms with Crippen LogP contribution in [-0.4, -0.2) is 42.7 Å². The predicted octanol–water partition coefficient (Wildman–Crippen LogP) is 3.97. The molecule has 0 amide bonds. The normalized spacial score (nSPS) is 15.5. The summed E-state index contributed by atoms with van der Waals surface area (Å²) in [6, 6.07) is 10.5. The largest absolute Gasteiger partial charge is 0.364 e. The Labute approximate surface area is 173 Å². The van der Waals surface area contributed by atoms with Gasteiger partial charge in [-0.25, -0.2) is 19.3 Å². The first-order chi connectivity index (χ1) is 14.8. The smallest absolute Gasteiger partial charge is 0.124 e. The molecule has 1 saturated heterocycles. The van der Waals surface area contributed by atoms with E-state index in [0.717, 1.165) is 60.8 Å². The molecule has 5 rings (SSSR count). The lowest BCUT2D eigenvalue weighted by atomic mass is 10.0. The van der Waals surface area contributed by atoms with Gasteiger partial charge in [-0.2, -0.15) is 0 Å². The Morgan fingerprint density at radius 2 is 1.87 bits per heavy atom. The molecule has 0 saturated carbocycles. The average Bonchev–Trinajstić information content (AvgIpc) is 3.46. The molecule has 30 heavy (non-hydrogen) atoms. The molecule has 4 heterocycles. The number of hydrogen-bond acceptors (Lipinski definition) is 6. The minimum Gasteiger partial charge on any atom is -0.364 e. The van der Waals surface area contributed by atoms with Crippen molar-refractivity contribution in [3.8, 4) is 22.6 Å². The maximum absolute atomic E-state index is 13.4. The van der Waals surface area contributed by atoms with Gasteiger partial charge in [0.2, 0.25) is 0 Å². The summed E-state index contributed by atoms with van der Waals surface area (Å²) in [5.41, 5.74) is 4.38. The summed E-state index contributed by atoms with van der Waals surface area (Å²) >= 11 is 0. The van der Waals surface area contributed by atoms with Crippen LogP contribution in [0.25, 0.3) is 22.6 Å². The zero-order valence-corrected chi connectivity index (χ0v) is 16.4. The van der Waals surface area contributed by atoms with E-state index in [9.17, 15) is 4.39 Å². The number of likely N-dealkylation sites (tertiary alicyclic amines) is 1. The molecule has 1 aliphatic heterocycles. The van der Waals surface area contributed by atoms with Crippen molar-refractivity contribution in [1.82, 2.24) is 29.6 Å². The second kappa shape index (κ2) is 8.16. The molecular weight excluding hydrogens is 383 g/mol. The second-order valence-corrected chi connectivity index (χ2v) is 7.45. The van der Waals surface area contributed by atoms with Crippen LogP contribution in [0.3, 0.4) is 0 Å². The molecule has 0 bridgehead atoms. The highest BCUT2D eigenvalue weighted by atomic mass is 19.1. The number of benzene rings is 1. The number of imidazole rings is 1. The highest BCUT2D eigenvalue weighted by molar-refractivity contribution is 5.76. The summed E-state index contributed by atoms with van der Waals surface area (Å²) < 4.78 is 20.6. The van der Waals surface area contributed by atoms with Crippen molar-refractivity contribution in [3.63, 3.8) is 0 Å². The Hall–Kier alpha value is -3.39. The highest BCUT2D eigenvalue weighted by Crippen LogP contribution is 2.35. The van der Waals surface area contributed by atoms with E-state index in [0.29, 0.717) is 6.04 Å². The summed E-state index contributed by atoms with van der Waals surface area (Å²) in [4.78, 5) is 15.6. The van der Waals surface area contributed by atoms with Crippen LogP contribution < -0.4 is 0 Å². The first-order valence-corrected chi connectivity index (χ1v) is 9.98. The van der Waals surface area contributed by atoms with Crippen molar-refractivity contribution >= 4 is 0 Å². The third-order valence-electron chi connectivity index (χ3n) is 5.56. The molecule has 0 atom stereocenters. The summed E-state index contributed by atoms with van der Waals surface area (Å²) in [5.74, 6) is -0.263. The number of piperidine rings is 1. The number of halogens is 1. The molecule has 0 N–H and O–H groups in total. The fraction of sp³-hybridized carbons (Fsp3) is 0.273. The van der Waals surface area contributed by atoms with Gasteiger partial charge in [-0.05, 0) is 43.2 Å². The Bertz CT molecular complexity index is 1090. The third-order valence-corrected chi connectivity index (χ3v) is 5.56. The summed E-state index contributed by atoms with van der Waals surface area (Å²) in [6.07, 6.45) is 8.76. The van der Waals surface area contributed by atoms with Crippen LogP contribution in [0.15, 0.2) is 66.0 Å². The third kappa shape index (κ3) is 3.73. The van der Waals surface area contributed by atoms with Crippen LogP contribution in [0.4, 0.5) is 4.39 Å². The maximum Gasteiger partial charge on any atom is 0.124 e. The Morgan fingerprint density at radius 3 is 2.57 bits per heavy atom. The Morgan fingerprint density at radius 1 is 1.03 bits per heavy atom. The summed E-state index contributed by atoms with van der Waals surface area (Å²) in [6.45, 7) is 2.72. The SMILES string of the molecule is Fc1ccc(-c2ncn(C3CCN(Cc4ccon4)CC3)c2-c2ccncn2)cc1. The van der Waals surface area contributed by atoms with Crippen LogP contribution in [0, 0.1) is 5.82 Å². The molecule has 4 aromatic rings. The van der Waals surface area contributed by atoms with Crippen LogP contribution in [0.1, 0.15) is 24.6 Å². The fourth-order valence-electron chi connectivity index (χ4n) is 4.05. The molecule has 3 aromatic heterocycles. The molecule has 0 radical (unpaired) electrons. The van der Waals surface area contributed by atoms with Crippen LogP contribution in [-0.2, 0) is 6.54 Å². The number of aromatic nitrogens is 5. The van der Waals surface area contributed by atoms with Gasteiger partial charge in [-0.15, -0.1) is 0 Å². The standard InChI is InChI=1S/C22H21FN6O/c23-17-3-1-16(2-4-17)21-22(20-5-9-24-14-25-20)29(15-26-21)19-6-10-28(11-7-19)13-18-8-12-30-27-18/h1-5,8-9,12,14-15,19H,6-7,10-11,13H2. The monoisotopic (exact) mass is 404 g/mol. The first-order valence-electron chi connectivity index (χ1n) is 9.98. The molecule has 7 nitrogen and oxygen atoms in total. The lowest BCUT2D eigenvalue weighted by Gasteiger charge is -2.32. The van der Waals surface area contributed by atoms with Gasteiger partial charge in [0, 0.05) is 43.5 Å². The van der Waals surface area contributed by atoms with E-state index < -0.39 is 0 Å². The molecule has 0 unspecified atom stereocenters. The van der Waals surface area contributed by atoms with Gasteiger partial charge < -0.3 is 9.09 Å². The Balaban J connectivity index is 1.43. The van der Waals surface area contributed by atoms with Crippen LogP contribution >= 0.6 is 0 Å². The van der Waals surface area contributed by atoms with Gasteiger partial charge >= 0.3 is 0 Å². The van der Waals surface area contributed by atoms with Crippen LogP contribution in [0.2, 0.25) is 0 Å². The molecule has 1 aliphatic rings. The van der Waals surface area contributed by atoms with Crippen molar-refractivity contribution in [2.75, 3.05) is 13.1 Å². The van der Waals surface area contributed by atoms with Crippen molar-refractivity contribution in [2.45, 2.75) is 25.4 Å². The van der Waals surface area contributed by atoms with E-state index in [4.69, 9.17) is 9.51 Å². The summed E-state index contributed by atoms with van der Waals surface area (Å²) in [7, 11) is 0. The van der Waals surface area contributed by atoms with Gasteiger partial charge in [0.15, 0.2) is 0 Å². The fourth-order valence-corrected chi connectivity index (χ4v) is 4.05. The molecule has 0 spiro atoms. The minimum absolute atomic E-state index is 0.263. The quantitative estimate of drug-likeness (QED) is 0.501. The van der Waals surface area contributed by atoms with Crippen molar-refractivity contribution in [2.24, 2.45) is 0 Å². The van der Waals surface area contributed by atoms with E-state index in [-0.39, 0.29) is 5.82 Å². The van der Waals surface area contributed by atoms with Gasteiger partial charge in [0.05, 0.1) is 29.1 Å². The molecule has 0 aliphatic carbocycles. The second-order valence-electron chi connectivity index (χ2n) is 7.45. The highest BCUT2D eigenvalue weighted by Gasteiger charge is 2.26. The van der Waals surface area contributed by atoms with Gasteiger partial charge in [-0.1, -0.05) is 5.16 Å². The predicted molar refractivity (Wildman–Crippen MR) is 109 cm³/mol. The van der Waals surface area contributed by atoms with E-state index >= 15 is 0 Å². The zero-order chi connectivity index (χ0) is 20.3. The summed E-state index contributed by atoms with van der Waals surface area (Å²) in [5, 5.41) is 4.01. The van der Waals surface area contributed by atoms with E-state index in [1.807, 2.05) is 18.5 Å². The van der Waals surface area contributed by atoms with Crippen molar-refractivity contribution < 1.29 is 8.91 Å². The molecule has 152 valence electrons. The molecular formula is C22H21FN6O. The minimum atomic E-state index is -0.263. The van der Waals surface area contributed by atoms with Crippen LogP contribution in [0.5, 0.6) is 0 Å². The van der Waals surface area contributed by atoms with E-state index in [1.54, 1.807) is 30.9 Å². The van der Waals surface area contributed by atoms with E-state index in [2.05, 4.69) is 24.6 Å². The van der Waals surface area contributed by atoms with Gasteiger partial charge in [0.25, 0.3) is 0 Å². The first kappa shape index (κ1) is 18.6. The number of rotatable bonds is 5. The van der Waals surface area contributed by atoms with E-state index in [1.165, 1.54) is 12.1 Å². The van der Waals surface area contributed by atoms with Crippen molar-refractivity contribution in [1.29, 1.82) is 0 Å². The van der Waals surface area contributed by atoms with Gasteiger partial charge in [0.1, 0.15) is 18.4 Å². The molecule has 1 aromatic carbocycles. The average molecular weight is 404 g/mol. The zero-order valence-electron chi connectivity index (χ0n) is 16.4.